The fraction of sp³-hybridized carbons (Fsp3) is 0.125. The average molecular weight is 424 g/mol. The van der Waals surface area contributed by atoms with Gasteiger partial charge >= 0.3 is 0 Å². The molecule has 0 N–H and O–H groups in total. The van der Waals surface area contributed by atoms with Gasteiger partial charge < -0.3 is 9.47 Å². The van der Waals surface area contributed by atoms with Crippen molar-refractivity contribution in [3.63, 3.8) is 0 Å². The summed E-state index contributed by atoms with van der Waals surface area (Å²) in [6, 6.07) is 22.5. The minimum atomic E-state index is 0.336. The van der Waals surface area contributed by atoms with Crippen LogP contribution < -0.4 is 9.47 Å². The first-order valence-electron chi connectivity index (χ1n) is 9.11. The Morgan fingerprint density at radius 2 is 1.72 bits per heavy atom. The Kier molecular flexibility index (Phi) is 7.19. The Balaban J connectivity index is 1.86. The van der Waals surface area contributed by atoms with E-state index in [4.69, 9.17) is 32.7 Å². The van der Waals surface area contributed by atoms with Crippen molar-refractivity contribution in [1.82, 2.24) is 0 Å². The van der Waals surface area contributed by atoms with E-state index in [1.807, 2.05) is 67.6 Å². The van der Waals surface area contributed by atoms with Gasteiger partial charge in [0.1, 0.15) is 6.61 Å². The van der Waals surface area contributed by atoms with Crippen molar-refractivity contribution in [2.75, 3.05) is 6.61 Å². The third kappa shape index (κ3) is 5.54. The Hall–Kier alpha value is -2.93. The molecule has 0 aliphatic carbocycles. The van der Waals surface area contributed by atoms with Gasteiger partial charge in [0.05, 0.1) is 18.2 Å². The summed E-state index contributed by atoms with van der Waals surface area (Å²) in [6.07, 6.45) is 1.81. The lowest BCUT2D eigenvalue weighted by molar-refractivity contribution is 0.269. The fourth-order valence-corrected chi connectivity index (χ4v) is 3.07. The van der Waals surface area contributed by atoms with Gasteiger partial charge in [-0.25, -0.2) is 0 Å². The molecule has 3 aromatic rings. The van der Waals surface area contributed by atoms with E-state index < -0.39 is 0 Å². The summed E-state index contributed by atoms with van der Waals surface area (Å²) in [5, 5.41) is 10.8. The lowest BCUT2D eigenvalue weighted by Crippen LogP contribution is -2.00. The SMILES string of the molecule is CCOc1cc(/C=C(/C#N)c2ccc(Cl)cc2)ccc1OCc1ccccc1Cl. The van der Waals surface area contributed by atoms with Crippen LogP contribution in [0.15, 0.2) is 66.7 Å². The average Bonchev–Trinajstić information content (AvgIpc) is 2.73. The fourth-order valence-electron chi connectivity index (χ4n) is 2.75. The molecule has 0 aliphatic rings. The maximum absolute atomic E-state index is 9.55. The number of halogens is 2. The number of rotatable bonds is 7. The summed E-state index contributed by atoms with van der Waals surface area (Å²) in [4.78, 5) is 0. The number of hydrogen-bond donors (Lipinski definition) is 0. The second-order valence-electron chi connectivity index (χ2n) is 6.20. The van der Waals surface area contributed by atoms with Crippen molar-refractivity contribution in [2.45, 2.75) is 13.5 Å². The zero-order chi connectivity index (χ0) is 20.6. The Labute approximate surface area is 180 Å². The van der Waals surface area contributed by atoms with Crippen molar-refractivity contribution < 1.29 is 9.47 Å². The predicted molar refractivity (Wildman–Crippen MR) is 118 cm³/mol. The molecule has 0 radical (unpaired) electrons. The summed E-state index contributed by atoms with van der Waals surface area (Å²) >= 11 is 12.1. The molecule has 0 saturated carbocycles. The van der Waals surface area contributed by atoms with Crippen LogP contribution >= 0.6 is 23.2 Å². The molecule has 0 spiro atoms. The van der Waals surface area contributed by atoms with Crippen molar-refractivity contribution in [3.05, 3.63) is 93.5 Å². The van der Waals surface area contributed by atoms with Crippen LogP contribution in [-0.4, -0.2) is 6.61 Å². The van der Waals surface area contributed by atoms with E-state index in [2.05, 4.69) is 6.07 Å². The number of hydrogen-bond acceptors (Lipinski definition) is 3. The maximum atomic E-state index is 9.55. The number of ether oxygens (including phenoxy) is 2. The molecule has 0 saturated heterocycles. The smallest absolute Gasteiger partial charge is 0.161 e. The predicted octanol–water partition coefficient (Wildman–Crippen LogP) is 7.04. The van der Waals surface area contributed by atoms with Gasteiger partial charge in [0, 0.05) is 15.6 Å². The van der Waals surface area contributed by atoms with Crippen LogP contribution in [-0.2, 0) is 6.61 Å². The van der Waals surface area contributed by atoms with E-state index in [0.29, 0.717) is 40.3 Å². The van der Waals surface area contributed by atoms with Gasteiger partial charge in [-0.3, -0.25) is 0 Å². The van der Waals surface area contributed by atoms with Crippen molar-refractivity contribution in [1.29, 1.82) is 5.26 Å². The molecular formula is C24H19Cl2NO2. The van der Waals surface area contributed by atoms with Gasteiger partial charge in [0.15, 0.2) is 11.5 Å². The van der Waals surface area contributed by atoms with Crippen LogP contribution in [0.5, 0.6) is 11.5 Å². The van der Waals surface area contributed by atoms with Crippen LogP contribution in [0.3, 0.4) is 0 Å². The zero-order valence-electron chi connectivity index (χ0n) is 15.9. The zero-order valence-corrected chi connectivity index (χ0v) is 17.4. The largest absolute Gasteiger partial charge is 0.490 e. The molecule has 0 heterocycles. The Bertz CT molecular complexity index is 1050. The van der Waals surface area contributed by atoms with Crippen LogP contribution in [0.4, 0.5) is 0 Å². The molecule has 29 heavy (non-hydrogen) atoms. The van der Waals surface area contributed by atoms with Gasteiger partial charge in [-0.15, -0.1) is 0 Å². The second kappa shape index (κ2) is 10.0. The summed E-state index contributed by atoms with van der Waals surface area (Å²) in [7, 11) is 0. The first-order valence-corrected chi connectivity index (χ1v) is 9.87. The van der Waals surface area contributed by atoms with E-state index in [0.717, 1.165) is 16.7 Å². The highest BCUT2D eigenvalue weighted by atomic mass is 35.5. The van der Waals surface area contributed by atoms with Crippen molar-refractivity contribution in [3.8, 4) is 17.6 Å². The van der Waals surface area contributed by atoms with Gasteiger partial charge in [0.25, 0.3) is 0 Å². The van der Waals surface area contributed by atoms with Gasteiger partial charge in [-0.2, -0.15) is 5.26 Å². The Morgan fingerprint density at radius 1 is 0.966 bits per heavy atom. The van der Waals surface area contributed by atoms with Crippen molar-refractivity contribution in [2.24, 2.45) is 0 Å². The summed E-state index contributed by atoms with van der Waals surface area (Å²) < 4.78 is 11.7. The minimum Gasteiger partial charge on any atom is -0.490 e. The summed E-state index contributed by atoms with van der Waals surface area (Å²) in [6.45, 7) is 2.75. The monoisotopic (exact) mass is 423 g/mol. The third-order valence-electron chi connectivity index (χ3n) is 4.20. The molecule has 0 bridgehead atoms. The lowest BCUT2D eigenvalue weighted by Gasteiger charge is -2.13. The highest BCUT2D eigenvalue weighted by Crippen LogP contribution is 2.31. The lowest BCUT2D eigenvalue weighted by atomic mass is 10.0. The van der Waals surface area contributed by atoms with Gasteiger partial charge in [0.2, 0.25) is 0 Å². The first-order chi connectivity index (χ1) is 14.1. The molecule has 0 fully saturated rings. The minimum absolute atomic E-state index is 0.336. The molecule has 0 unspecified atom stereocenters. The third-order valence-corrected chi connectivity index (χ3v) is 4.82. The van der Waals surface area contributed by atoms with Gasteiger partial charge in [-0.1, -0.05) is 59.6 Å². The van der Waals surface area contributed by atoms with Crippen LogP contribution in [0.1, 0.15) is 23.6 Å². The Morgan fingerprint density at radius 3 is 2.41 bits per heavy atom. The van der Waals surface area contributed by atoms with Crippen LogP contribution in [0.25, 0.3) is 11.6 Å². The normalized spacial score (nSPS) is 11.0. The standard InChI is InChI=1S/C24H19Cl2NO2/c1-2-28-24-14-17(13-20(15-27)18-8-10-21(25)11-9-18)7-12-23(24)29-16-19-5-3-4-6-22(19)26/h3-14H,2,16H2,1H3/b20-13-. The molecule has 0 aromatic heterocycles. The molecule has 0 aliphatic heterocycles. The molecule has 146 valence electrons. The van der Waals surface area contributed by atoms with E-state index in [9.17, 15) is 5.26 Å². The molecule has 0 amide bonds. The number of benzene rings is 3. The quantitative estimate of drug-likeness (QED) is 0.302. The summed E-state index contributed by atoms with van der Waals surface area (Å²) in [5.41, 5.74) is 3.07. The van der Waals surface area contributed by atoms with Crippen LogP contribution in [0.2, 0.25) is 10.0 Å². The topological polar surface area (TPSA) is 42.2 Å². The van der Waals surface area contributed by atoms with E-state index in [-0.39, 0.29) is 0 Å². The van der Waals surface area contributed by atoms with Crippen LogP contribution in [0, 0.1) is 11.3 Å². The van der Waals surface area contributed by atoms with E-state index >= 15 is 0 Å². The molecular weight excluding hydrogens is 405 g/mol. The first kappa shape index (κ1) is 20.8. The van der Waals surface area contributed by atoms with Gasteiger partial charge in [-0.05, 0) is 54.5 Å². The summed E-state index contributed by atoms with van der Waals surface area (Å²) in [5.74, 6) is 1.23. The maximum Gasteiger partial charge on any atom is 0.161 e. The second-order valence-corrected chi connectivity index (χ2v) is 7.04. The highest BCUT2D eigenvalue weighted by molar-refractivity contribution is 6.31. The van der Waals surface area contributed by atoms with E-state index in [1.54, 1.807) is 12.1 Å². The number of allylic oxidation sites excluding steroid dienone is 1. The van der Waals surface area contributed by atoms with E-state index in [1.165, 1.54) is 0 Å². The molecule has 3 aromatic carbocycles. The number of nitriles is 1. The highest BCUT2D eigenvalue weighted by Gasteiger charge is 2.09. The number of nitrogens with zero attached hydrogens (tertiary/aromatic N) is 1. The molecule has 5 heteroatoms. The molecule has 3 nitrogen and oxygen atoms in total. The molecule has 3 rings (SSSR count). The molecule has 0 atom stereocenters. The van der Waals surface area contributed by atoms with Crippen molar-refractivity contribution >= 4 is 34.9 Å².